The highest BCUT2D eigenvalue weighted by Crippen LogP contribution is 2.32. The normalized spacial score (nSPS) is 10.5. The number of hydrogen-bond acceptors (Lipinski definition) is 7. The summed E-state index contributed by atoms with van der Waals surface area (Å²) in [6, 6.07) is 5.17. The molecule has 0 aliphatic heterocycles. The summed E-state index contributed by atoms with van der Waals surface area (Å²) in [6.07, 6.45) is 2.81. The fourth-order valence-corrected chi connectivity index (χ4v) is 2.34. The lowest BCUT2D eigenvalue weighted by molar-refractivity contribution is 0.102. The molecule has 3 aromatic rings. The van der Waals surface area contributed by atoms with Gasteiger partial charge in [-0.3, -0.25) is 4.79 Å². The summed E-state index contributed by atoms with van der Waals surface area (Å²) in [5.41, 5.74) is 1.73. The molecule has 26 heavy (non-hydrogen) atoms. The van der Waals surface area contributed by atoms with Crippen LogP contribution >= 0.6 is 11.6 Å². The number of methoxy groups -OCH3 is 1. The Morgan fingerprint density at radius 2 is 1.96 bits per heavy atom. The third-order valence-electron chi connectivity index (χ3n) is 3.50. The number of anilines is 3. The second kappa shape index (κ2) is 7.40. The smallest absolute Gasteiger partial charge is 0.277 e. The van der Waals surface area contributed by atoms with Gasteiger partial charge in [0, 0.05) is 17.2 Å². The maximum absolute atomic E-state index is 12.1. The minimum absolute atomic E-state index is 0.149. The van der Waals surface area contributed by atoms with Crippen molar-refractivity contribution in [3.8, 4) is 5.75 Å². The van der Waals surface area contributed by atoms with Gasteiger partial charge in [0.05, 0.1) is 25.2 Å². The van der Waals surface area contributed by atoms with Crippen molar-refractivity contribution in [3.63, 3.8) is 0 Å². The minimum Gasteiger partial charge on any atom is -0.495 e. The van der Waals surface area contributed by atoms with Crippen LogP contribution in [0.25, 0.3) is 0 Å². The first kappa shape index (κ1) is 17.7. The average Bonchev–Trinajstić information content (AvgIpc) is 3.03. The number of carbonyl (C=O) groups excluding carboxylic acids is 1. The van der Waals surface area contributed by atoms with Gasteiger partial charge >= 0.3 is 0 Å². The van der Waals surface area contributed by atoms with Crippen molar-refractivity contribution in [2.75, 3.05) is 17.7 Å². The van der Waals surface area contributed by atoms with Crippen molar-refractivity contribution in [2.45, 2.75) is 13.8 Å². The SMILES string of the molecule is COc1cc(Cl)c(C)cc1Nc1cnc(C(=O)Nc2cc(C)on2)cn1. The molecule has 0 aliphatic rings. The van der Waals surface area contributed by atoms with Crippen LogP contribution in [0.2, 0.25) is 5.02 Å². The molecule has 0 atom stereocenters. The van der Waals surface area contributed by atoms with Crippen molar-refractivity contribution in [2.24, 2.45) is 0 Å². The number of carbonyl (C=O) groups is 1. The topological polar surface area (TPSA) is 102 Å². The van der Waals surface area contributed by atoms with Gasteiger partial charge in [-0.2, -0.15) is 0 Å². The number of ether oxygens (including phenoxy) is 1. The third kappa shape index (κ3) is 3.92. The van der Waals surface area contributed by atoms with Crippen molar-refractivity contribution in [1.82, 2.24) is 15.1 Å². The van der Waals surface area contributed by atoms with Gasteiger partial charge in [-0.15, -0.1) is 0 Å². The summed E-state index contributed by atoms with van der Waals surface area (Å²) in [4.78, 5) is 20.4. The standard InChI is InChI=1S/C17H16ClN5O3/c1-9-4-12(14(25-3)6-11(9)18)21-16-8-19-13(7-20-16)17(24)22-15-5-10(2)26-23-15/h4-8H,1-3H3,(H,20,21)(H,22,23,24). The Labute approximate surface area is 154 Å². The largest absolute Gasteiger partial charge is 0.495 e. The molecule has 9 heteroatoms. The lowest BCUT2D eigenvalue weighted by atomic mass is 10.2. The van der Waals surface area contributed by atoms with E-state index in [1.807, 2.05) is 13.0 Å². The number of benzene rings is 1. The van der Waals surface area contributed by atoms with Crippen molar-refractivity contribution >= 4 is 34.8 Å². The fourth-order valence-electron chi connectivity index (χ4n) is 2.18. The molecule has 0 radical (unpaired) electrons. The zero-order valence-corrected chi connectivity index (χ0v) is 15.1. The predicted molar refractivity (Wildman–Crippen MR) is 97.2 cm³/mol. The summed E-state index contributed by atoms with van der Waals surface area (Å²) in [7, 11) is 1.55. The van der Waals surface area contributed by atoms with Gasteiger partial charge in [0.15, 0.2) is 5.82 Å². The van der Waals surface area contributed by atoms with Crippen LogP contribution in [0.3, 0.4) is 0 Å². The predicted octanol–water partition coefficient (Wildman–Crippen LogP) is 3.74. The molecule has 1 amide bonds. The lowest BCUT2D eigenvalue weighted by Gasteiger charge is -2.12. The first-order valence-corrected chi connectivity index (χ1v) is 8.02. The number of amides is 1. The molecule has 0 bridgehead atoms. The average molecular weight is 374 g/mol. The number of nitrogens with zero attached hydrogens (tertiary/aromatic N) is 3. The van der Waals surface area contributed by atoms with Gasteiger partial charge in [-0.25, -0.2) is 9.97 Å². The van der Waals surface area contributed by atoms with E-state index in [-0.39, 0.29) is 5.69 Å². The Balaban J connectivity index is 1.74. The zero-order valence-electron chi connectivity index (χ0n) is 14.3. The first-order valence-electron chi connectivity index (χ1n) is 7.64. The van der Waals surface area contributed by atoms with E-state index in [2.05, 4.69) is 25.8 Å². The van der Waals surface area contributed by atoms with E-state index < -0.39 is 5.91 Å². The van der Waals surface area contributed by atoms with Crippen molar-refractivity contribution < 1.29 is 14.1 Å². The Morgan fingerprint density at radius 1 is 1.15 bits per heavy atom. The minimum atomic E-state index is -0.433. The Kier molecular flexibility index (Phi) is 5.04. The Bertz CT molecular complexity index is 940. The summed E-state index contributed by atoms with van der Waals surface area (Å²) in [6.45, 7) is 3.62. The van der Waals surface area contributed by atoms with Crippen LogP contribution in [0.5, 0.6) is 5.75 Å². The number of aromatic nitrogens is 3. The van der Waals surface area contributed by atoms with Gasteiger partial charge in [-0.1, -0.05) is 16.8 Å². The molecule has 8 nitrogen and oxygen atoms in total. The van der Waals surface area contributed by atoms with E-state index in [1.54, 1.807) is 26.2 Å². The van der Waals surface area contributed by atoms with Gasteiger partial charge in [0.2, 0.25) is 0 Å². The van der Waals surface area contributed by atoms with Crippen LogP contribution in [-0.2, 0) is 0 Å². The number of rotatable bonds is 5. The quantitative estimate of drug-likeness (QED) is 0.702. The van der Waals surface area contributed by atoms with E-state index in [0.29, 0.717) is 33.9 Å². The van der Waals surface area contributed by atoms with Crippen LogP contribution in [0.4, 0.5) is 17.3 Å². The molecule has 134 valence electrons. The van der Waals surface area contributed by atoms with Crippen molar-refractivity contribution in [1.29, 1.82) is 0 Å². The van der Waals surface area contributed by atoms with Gasteiger partial charge in [0.25, 0.3) is 5.91 Å². The molecule has 3 rings (SSSR count). The molecule has 2 aromatic heterocycles. The monoisotopic (exact) mass is 373 g/mol. The molecular formula is C17H16ClN5O3. The van der Waals surface area contributed by atoms with Gasteiger partial charge in [0.1, 0.15) is 23.0 Å². The van der Waals surface area contributed by atoms with Gasteiger partial charge < -0.3 is 19.9 Å². The summed E-state index contributed by atoms with van der Waals surface area (Å²) in [5.74, 6) is 1.51. The second-order valence-electron chi connectivity index (χ2n) is 5.49. The molecule has 0 spiro atoms. The van der Waals surface area contributed by atoms with E-state index in [0.717, 1.165) is 5.56 Å². The van der Waals surface area contributed by atoms with Crippen LogP contribution in [0.1, 0.15) is 21.8 Å². The molecule has 0 aliphatic carbocycles. The zero-order chi connectivity index (χ0) is 18.7. The van der Waals surface area contributed by atoms with Crippen LogP contribution in [0, 0.1) is 13.8 Å². The third-order valence-corrected chi connectivity index (χ3v) is 3.90. The maximum Gasteiger partial charge on any atom is 0.277 e. The van der Waals surface area contributed by atoms with Crippen molar-refractivity contribution in [3.05, 3.63) is 52.6 Å². The fraction of sp³-hybridized carbons (Fsp3) is 0.176. The van der Waals surface area contributed by atoms with E-state index in [4.69, 9.17) is 20.9 Å². The summed E-state index contributed by atoms with van der Waals surface area (Å²) < 4.78 is 10.2. The molecule has 1 aromatic carbocycles. The molecule has 2 heterocycles. The second-order valence-corrected chi connectivity index (χ2v) is 5.90. The molecular weight excluding hydrogens is 358 g/mol. The van der Waals surface area contributed by atoms with Crippen LogP contribution in [-0.4, -0.2) is 28.1 Å². The van der Waals surface area contributed by atoms with Gasteiger partial charge in [-0.05, 0) is 25.5 Å². The molecule has 0 saturated heterocycles. The molecule has 0 saturated carbocycles. The maximum atomic E-state index is 12.1. The number of halogens is 1. The van der Waals surface area contributed by atoms with E-state index in [1.165, 1.54) is 12.4 Å². The Morgan fingerprint density at radius 3 is 2.58 bits per heavy atom. The summed E-state index contributed by atoms with van der Waals surface area (Å²) >= 11 is 6.10. The number of hydrogen-bond donors (Lipinski definition) is 2. The Hall–Kier alpha value is -3.13. The van der Waals surface area contributed by atoms with E-state index >= 15 is 0 Å². The molecule has 2 N–H and O–H groups in total. The number of aryl methyl sites for hydroxylation is 2. The molecule has 0 fully saturated rings. The highest BCUT2D eigenvalue weighted by Gasteiger charge is 2.12. The summed E-state index contributed by atoms with van der Waals surface area (Å²) in [5, 5.41) is 9.98. The first-order chi connectivity index (χ1) is 12.5. The highest BCUT2D eigenvalue weighted by atomic mass is 35.5. The van der Waals surface area contributed by atoms with Crippen LogP contribution in [0.15, 0.2) is 35.1 Å². The molecule has 0 unspecified atom stereocenters. The van der Waals surface area contributed by atoms with E-state index in [9.17, 15) is 4.79 Å². The number of nitrogens with one attached hydrogen (secondary N) is 2. The highest BCUT2D eigenvalue weighted by molar-refractivity contribution is 6.31. The lowest BCUT2D eigenvalue weighted by Crippen LogP contribution is -2.14. The van der Waals surface area contributed by atoms with Crippen LogP contribution < -0.4 is 15.4 Å².